The molecule has 90 valence electrons. The van der Waals surface area contributed by atoms with Gasteiger partial charge in [0.05, 0.1) is 5.02 Å². The van der Waals surface area contributed by atoms with Crippen molar-refractivity contribution in [3.63, 3.8) is 0 Å². The van der Waals surface area contributed by atoms with Crippen molar-refractivity contribution in [3.8, 4) is 11.6 Å². The van der Waals surface area contributed by atoms with Crippen LogP contribution in [0.2, 0.25) is 10.0 Å². The summed E-state index contributed by atoms with van der Waals surface area (Å²) in [6, 6.07) is 8.25. The summed E-state index contributed by atoms with van der Waals surface area (Å²) in [6.07, 6.45) is 0. The van der Waals surface area contributed by atoms with Gasteiger partial charge in [0.15, 0.2) is 5.65 Å². The van der Waals surface area contributed by atoms with Crippen molar-refractivity contribution >= 4 is 28.8 Å². The number of nitrogens with zero attached hydrogens (tertiary/aromatic N) is 5. The molecule has 0 aliphatic rings. The minimum atomic E-state index is 0.318. The lowest BCUT2D eigenvalue weighted by atomic mass is 10.3. The zero-order valence-corrected chi connectivity index (χ0v) is 10.3. The Balaban J connectivity index is 1.97. The molecule has 0 bridgehead atoms. The maximum atomic E-state index is 5.98. The molecule has 0 aliphatic carbocycles. The molecule has 3 aromatic rings. The molecule has 0 amide bonds. The van der Waals surface area contributed by atoms with E-state index in [4.69, 9.17) is 27.9 Å². The Hall–Kier alpha value is -1.92. The second kappa shape index (κ2) is 4.40. The van der Waals surface area contributed by atoms with Gasteiger partial charge >= 0.3 is 0 Å². The summed E-state index contributed by atoms with van der Waals surface area (Å²) in [5.74, 6) is 0.739. The first-order valence-electron chi connectivity index (χ1n) is 4.91. The van der Waals surface area contributed by atoms with Crippen LogP contribution in [0.15, 0.2) is 30.3 Å². The van der Waals surface area contributed by atoms with E-state index in [0.29, 0.717) is 27.3 Å². The van der Waals surface area contributed by atoms with Gasteiger partial charge in [0.1, 0.15) is 5.75 Å². The van der Waals surface area contributed by atoms with E-state index in [1.165, 1.54) is 4.63 Å². The third kappa shape index (κ3) is 2.07. The highest BCUT2D eigenvalue weighted by Gasteiger charge is 2.07. The van der Waals surface area contributed by atoms with E-state index in [1.54, 1.807) is 30.3 Å². The van der Waals surface area contributed by atoms with Crippen LogP contribution < -0.4 is 4.74 Å². The Morgan fingerprint density at radius 3 is 2.89 bits per heavy atom. The topological polar surface area (TPSA) is 65.2 Å². The molecular formula is C10H5Cl2N5O. The summed E-state index contributed by atoms with van der Waals surface area (Å²) in [4.78, 5) is 0. The fraction of sp³-hybridized carbons (Fsp3) is 0. The molecule has 0 unspecified atom stereocenters. The van der Waals surface area contributed by atoms with Gasteiger partial charge in [-0.15, -0.1) is 14.8 Å². The molecule has 2 heterocycles. The van der Waals surface area contributed by atoms with Gasteiger partial charge in [-0.2, -0.15) is 0 Å². The van der Waals surface area contributed by atoms with Crippen molar-refractivity contribution in [2.45, 2.75) is 0 Å². The predicted molar refractivity (Wildman–Crippen MR) is 65.1 cm³/mol. The number of benzene rings is 1. The van der Waals surface area contributed by atoms with Crippen molar-refractivity contribution < 1.29 is 4.74 Å². The Kier molecular flexibility index (Phi) is 2.73. The van der Waals surface area contributed by atoms with Crippen molar-refractivity contribution in [2.24, 2.45) is 0 Å². The molecule has 1 aromatic carbocycles. The number of aromatic nitrogens is 5. The van der Waals surface area contributed by atoms with E-state index in [9.17, 15) is 0 Å². The van der Waals surface area contributed by atoms with E-state index in [-0.39, 0.29) is 0 Å². The van der Waals surface area contributed by atoms with E-state index in [0.717, 1.165) is 0 Å². The minimum Gasteiger partial charge on any atom is -0.436 e. The van der Waals surface area contributed by atoms with Gasteiger partial charge < -0.3 is 4.74 Å². The minimum absolute atomic E-state index is 0.318. The average molecular weight is 282 g/mol. The summed E-state index contributed by atoms with van der Waals surface area (Å²) < 4.78 is 6.78. The molecule has 2 aromatic heterocycles. The molecule has 0 radical (unpaired) electrons. The highest BCUT2D eigenvalue weighted by molar-refractivity contribution is 6.34. The number of hydrogen-bond acceptors (Lipinski definition) is 5. The van der Waals surface area contributed by atoms with Crippen LogP contribution >= 0.6 is 23.2 Å². The standard InChI is InChI=1S/C10H5Cl2N5O/c11-6-1-2-7(12)8(5-6)18-10-4-3-9-13-15-16-17(9)14-10/h1-5H. The van der Waals surface area contributed by atoms with Crippen LogP contribution in [-0.2, 0) is 0 Å². The van der Waals surface area contributed by atoms with Gasteiger partial charge in [0.2, 0.25) is 5.88 Å². The summed E-state index contributed by atoms with van der Waals surface area (Å²) in [7, 11) is 0. The van der Waals surface area contributed by atoms with Crippen molar-refractivity contribution in [1.29, 1.82) is 0 Å². The molecule has 18 heavy (non-hydrogen) atoms. The van der Waals surface area contributed by atoms with Crippen LogP contribution in [0, 0.1) is 0 Å². The van der Waals surface area contributed by atoms with E-state index in [2.05, 4.69) is 20.6 Å². The van der Waals surface area contributed by atoms with Gasteiger partial charge in [-0.05, 0) is 28.6 Å². The smallest absolute Gasteiger partial charge is 0.239 e. The third-order valence-corrected chi connectivity index (χ3v) is 2.70. The van der Waals surface area contributed by atoms with E-state index in [1.807, 2.05) is 0 Å². The molecule has 0 saturated heterocycles. The maximum Gasteiger partial charge on any atom is 0.239 e. The first-order chi connectivity index (χ1) is 8.72. The first-order valence-corrected chi connectivity index (χ1v) is 5.66. The molecule has 0 atom stereocenters. The zero-order chi connectivity index (χ0) is 12.5. The zero-order valence-electron chi connectivity index (χ0n) is 8.79. The van der Waals surface area contributed by atoms with Gasteiger partial charge in [0, 0.05) is 17.2 Å². The molecule has 6 nitrogen and oxygen atoms in total. The van der Waals surface area contributed by atoms with Gasteiger partial charge in [-0.1, -0.05) is 23.2 Å². The molecule has 0 spiro atoms. The highest BCUT2D eigenvalue weighted by atomic mass is 35.5. The summed E-state index contributed by atoms with van der Waals surface area (Å²) >= 11 is 11.8. The Bertz CT molecular complexity index is 714. The number of fused-ring (bicyclic) bond motifs is 1. The second-order valence-corrected chi connectivity index (χ2v) is 4.22. The second-order valence-electron chi connectivity index (χ2n) is 3.37. The largest absolute Gasteiger partial charge is 0.436 e. The van der Waals surface area contributed by atoms with Gasteiger partial charge in [0.25, 0.3) is 0 Å². The Morgan fingerprint density at radius 2 is 2.00 bits per heavy atom. The molecule has 0 N–H and O–H groups in total. The quantitative estimate of drug-likeness (QED) is 0.722. The average Bonchev–Trinajstić information content (AvgIpc) is 2.81. The summed E-state index contributed by atoms with van der Waals surface area (Å²) in [5, 5.41) is 15.9. The highest BCUT2D eigenvalue weighted by Crippen LogP contribution is 2.30. The van der Waals surface area contributed by atoms with Crippen LogP contribution in [0.5, 0.6) is 11.6 Å². The lowest BCUT2D eigenvalue weighted by Crippen LogP contribution is -1.97. The first kappa shape index (κ1) is 11.2. The van der Waals surface area contributed by atoms with Crippen LogP contribution in [0.3, 0.4) is 0 Å². The summed E-state index contributed by atoms with van der Waals surface area (Å²) in [6.45, 7) is 0. The fourth-order valence-corrected chi connectivity index (χ4v) is 1.67. The number of rotatable bonds is 2. The fourth-order valence-electron chi connectivity index (χ4n) is 1.36. The van der Waals surface area contributed by atoms with Crippen LogP contribution in [0.25, 0.3) is 5.65 Å². The normalized spacial score (nSPS) is 10.8. The lowest BCUT2D eigenvalue weighted by Gasteiger charge is -2.06. The van der Waals surface area contributed by atoms with Gasteiger partial charge in [-0.25, -0.2) is 0 Å². The van der Waals surface area contributed by atoms with Crippen LogP contribution in [0.1, 0.15) is 0 Å². The Morgan fingerprint density at radius 1 is 1.11 bits per heavy atom. The molecule has 0 saturated carbocycles. The maximum absolute atomic E-state index is 5.98. The lowest BCUT2D eigenvalue weighted by molar-refractivity contribution is 0.447. The van der Waals surface area contributed by atoms with Gasteiger partial charge in [-0.3, -0.25) is 0 Å². The van der Waals surface area contributed by atoms with Crippen LogP contribution in [-0.4, -0.2) is 25.3 Å². The predicted octanol–water partition coefficient (Wildman–Crippen LogP) is 2.62. The van der Waals surface area contributed by atoms with Crippen LogP contribution in [0.4, 0.5) is 0 Å². The van der Waals surface area contributed by atoms with Crippen molar-refractivity contribution in [2.75, 3.05) is 0 Å². The number of halogens is 2. The molecule has 0 fully saturated rings. The van der Waals surface area contributed by atoms with E-state index < -0.39 is 0 Å². The van der Waals surface area contributed by atoms with Crippen molar-refractivity contribution in [1.82, 2.24) is 25.3 Å². The molecule has 3 rings (SSSR count). The number of ether oxygens (including phenoxy) is 1. The van der Waals surface area contributed by atoms with E-state index >= 15 is 0 Å². The molecule has 8 heteroatoms. The number of hydrogen-bond donors (Lipinski definition) is 0. The monoisotopic (exact) mass is 281 g/mol. The third-order valence-electron chi connectivity index (χ3n) is 2.15. The van der Waals surface area contributed by atoms with Crippen molar-refractivity contribution in [3.05, 3.63) is 40.4 Å². The number of tetrazole rings is 1. The summed E-state index contributed by atoms with van der Waals surface area (Å²) in [5.41, 5.74) is 0.527. The molecular weight excluding hydrogens is 277 g/mol. The molecule has 0 aliphatic heterocycles. The SMILES string of the molecule is Clc1ccc(Cl)c(Oc2ccc3nnnn3n2)c1. The Labute approximate surface area is 111 Å².